The summed E-state index contributed by atoms with van der Waals surface area (Å²) in [4.78, 5) is 42.5. The van der Waals surface area contributed by atoms with Gasteiger partial charge in [-0.25, -0.2) is 0 Å². The van der Waals surface area contributed by atoms with Crippen LogP contribution in [0.25, 0.3) is 0 Å². The van der Waals surface area contributed by atoms with Gasteiger partial charge < -0.3 is 15.5 Å². The number of fused-ring (bicyclic) bond motifs is 4. The molecule has 2 fully saturated rings. The van der Waals surface area contributed by atoms with Gasteiger partial charge in [-0.1, -0.05) is 18.2 Å². The minimum absolute atomic E-state index is 0.0146. The van der Waals surface area contributed by atoms with Gasteiger partial charge in [-0.05, 0) is 56.1 Å². The number of likely N-dealkylation sites (N-methyl/N-ethyl adjacent to an activating group) is 1. The molecule has 5 rings (SSSR count). The van der Waals surface area contributed by atoms with E-state index in [-0.39, 0.29) is 23.8 Å². The molecule has 2 N–H and O–H groups in total. The lowest BCUT2D eigenvalue weighted by Crippen LogP contribution is -2.55. The van der Waals surface area contributed by atoms with Crippen molar-refractivity contribution in [2.75, 3.05) is 29.1 Å². The highest BCUT2D eigenvalue weighted by atomic mass is 16.2. The average Bonchev–Trinajstić information content (AvgIpc) is 3.39. The van der Waals surface area contributed by atoms with Crippen molar-refractivity contribution in [1.82, 2.24) is 4.90 Å². The largest absolute Gasteiger partial charge is 0.326 e. The van der Waals surface area contributed by atoms with E-state index in [2.05, 4.69) is 15.5 Å². The SMILES string of the molecule is CC(=O)Nc1ccc(NC(=O)[C@H]2C[C@H]3CCCN3[C@@]23C(=O)N(C)c2ccccc23)cc1. The van der Waals surface area contributed by atoms with E-state index in [1.807, 2.05) is 24.3 Å². The molecule has 0 unspecified atom stereocenters. The third kappa shape index (κ3) is 2.87. The lowest BCUT2D eigenvalue weighted by molar-refractivity contribution is -0.136. The molecule has 2 aromatic carbocycles. The van der Waals surface area contributed by atoms with E-state index in [1.54, 1.807) is 36.2 Å². The summed E-state index contributed by atoms with van der Waals surface area (Å²) in [6.07, 6.45) is 2.73. The van der Waals surface area contributed by atoms with Crippen molar-refractivity contribution in [2.24, 2.45) is 5.92 Å². The highest BCUT2D eigenvalue weighted by Crippen LogP contribution is 2.56. The van der Waals surface area contributed by atoms with Crippen molar-refractivity contribution in [1.29, 1.82) is 0 Å². The van der Waals surface area contributed by atoms with Crippen LogP contribution in [0, 0.1) is 5.92 Å². The fourth-order valence-electron chi connectivity index (χ4n) is 5.74. The van der Waals surface area contributed by atoms with E-state index in [0.717, 1.165) is 30.6 Å². The van der Waals surface area contributed by atoms with E-state index < -0.39 is 11.5 Å². The zero-order valence-corrected chi connectivity index (χ0v) is 17.7. The Kier molecular flexibility index (Phi) is 4.59. The molecule has 160 valence electrons. The van der Waals surface area contributed by atoms with Gasteiger partial charge in [0.25, 0.3) is 5.91 Å². The lowest BCUT2D eigenvalue weighted by atomic mass is 9.78. The molecule has 2 aromatic rings. The number of rotatable bonds is 3. The number of hydrogen-bond acceptors (Lipinski definition) is 4. The Balaban J connectivity index is 1.49. The molecular weight excluding hydrogens is 392 g/mol. The van der Waals surface area contributed by atoms with Gasteiger partial charge >= 0.3 is 0 Å². The standard InChI is InChI=1S/C24H26N4O3/c1-15(29)25-16-9-11-17(12-10-16)26-22(30)20-14-18-6-5-13-28(18)24(20)19-7-3-4-8-21(19)27(2)23(24)31/h3-4,7-12,18,20H,5-6,13-14H2,1-2H3,(H,25,29)(H,26,30)/t18-,20-,24-/m1/s1. The van der Waals surface area contributed by atoms with Crippen LogP contribution in [0.4, 0.5) is 17.1 Å². The van der Waals surface area contributed by atoms with E-state index in [0.29, 0.717) is 17.8 Å². The van der Waals surface area contributed by atoms with Gasteiger partial charge in [-0.2, -0.15) is 0 Å². The van der Waals surface area contributed by atoms with Crippen LogP contribution >= 0.6 is 0 Å². The number of anilines is 3. The molecule has 0 saturated carbocycles. The third-order valence-corrected chi connectivity index (χ3v) is 6.94. The summed E-state index contributed by atoms with van der Waals surface area (Å²) in [6, 6.07) is 15.1. The summed E-state index contributed by atoms with van der Waals surface area (Å²) in [5.74, 6) is -0.765. The zero-order chi connectivity index (χ0) is 21.8. The number of nitrogens with one attached hydrogen (secondary N) is 2. The fourth-order valence-corrected chi connectivity index (χ4v) is 5.74. The molecule has 7 nitrogen and oxygen atoms in total. The summed E-state index contributed by atoms with van der Waals surface area (Å²) < 4.78 is 0. The molecule has 7 heteroatoms. The smallest absolute Gasteiger partial charge is 0.252 e. The van der Waals surface area contributed by atoms with Crippen LogP contribution in [0.2, 0.25) is 0 Å². The molecule has 0 bridgehead atoms. The fraction of sp³-hybridized carbons (Fsp3) is 0.375. The summed E-state index contributed by atoms with van der Waals surface area (Å²) in [7, 11) is 1.80. The quantitative estimate of drug-likeness (QED) is 0.803. The number of hydrogen-bond donors (Lipinski definition) is 2. The second-order valence-corrected chi connectivity index (χ2v) is 8.67. The number of amides is 3. The molecule has 1 spiro atoms. The molecular formula is C24H26N4O3. The zero-order valence-electron chi connectivity index (χ0n) is 17.7. The van der Waals surface area contributed by atoms with Crippen LogP contribution in [-0.2, 0) is 19.9 Å². The molecule has 3 heterocycles. The highest BCUT2D eigenvalue weighted by Gasteiger charge is 2.66. The summed E-state index contributed by atoms with van der Waals surface area (Å²) in [5, 5.41) is 5.74. The molecule has 0 radical (unpaired) electrons. The lowest BCUT2D eigenvalue weighted by Gasteiger charge is -2.37. The Morgan fingerprint density at radius 3 is 2.42 bits per heavy atom. The van der Waals surface area contributed by atoms with E-state index in [4.69, 9.17) is 0 Å². The van der Waals surface area contributed by atoms with Gasteiger partial charge in [0.05, 0.1) is 5.92 Å². The summed E-state index contributed by atoms with van der Waals surface area (Å²) in [5.41, 5.74) is 2.20. The second kappa shape index (κ2) is 7.20. The van der Waals surface area contributed by atoms with Gasteiger partial charge in [0.1, 0.15) is 5.54 Å². The van der Waals surface area contributed by atoms with Crippen LogP contribution in [-0.4, -0.2) is 42.3 Å². The number of carbonyl (C=O) groups excluding carboxylic acids is 3. The first-order valence-corrected chi connectivity index (χ1v) is 10.8. The predicted molar refractivity (Wildman–Crippen MR) is 119 cm³/mol. The molecule has 3 amide bonds. The maximum Gasteiger partial charge on any atom is 0.252 e. The Labute approximate surface area is 181 Å². The molecule has 0 aromatic heterocycles. The Hall–Kier alpha value is -3.19. The van der Waals surface area contributed by atoms with Crippen molar-refractivity contribution in [2.45, 2.75) is 37.8 Å². The molecule has 3 atom stereocenters. The van der Waals surface area contributed by atoms with Crippen LogP contribution in [0.5, 0.6) is 0 Å². The Morgan fingerprint density at radius 1 is 1.03 bits per heavy atom. The topological polar surface area (TPSA) is 81.8 Å². The Morgan fingerprint density at radius 2 is 1.71 bits per heavy atom. The minimum Gasteiger partial charge on any atom is -0.326 e. The molecule has 31 heavy (non-hydrogen) atoms. The average molecular weight is 418 g/mol. The van der Waals surface area contributed by atoms with Crippen molar-refractivity contribution in [3.63, 3.8) is 0 Å². The second-order valence-electron chi connectivity index (χ2n) is 8.67. The molecule has 3 aliphatic rings. The minimum atomic E-state index is -0.938. The monoisotopic (exact) mass is 418 g/mol. The predicted octanol–water partition coefficient (Wildman–Crippen LogP) is 2.94. The highest BCUT2D eigenvalue weighted by molar-refractivity contribution is 6.11. The van der Waals surface area contributed by atoms with E-state index in [9.17, 15) is 14.4 Å². The van der Waals surface area contributed by atoms with Crippen molar-refractivity contribution in [3.8, 4) is 0 Å². The van der Waals surface area contributed by atoms with E-state index >= 15 is 0 Å². The van der Waals surface area contributed by atoms with E-state index in [1.165, 1.54) is 6.92 Å². The first-order valence-electron chi connectivity index (χ1n) is 10.8. The molecule has 2 saturated heterocycles. The van der Waals surface area contributed by atoms with Crippen LogP contribution in [0.15, 0.2) is 48.5 Å². The molecule has 0 aliphatic carbocycles. The van der Waals surface area contributed by atoms with Crippen LogP contribution in [0.3, 0.4) is 0 Å². The number of carbonyl (C=O) groups is 3. The number of benzene rings is 2. The van der Waals surface area contributed by atoms with Crippen molar-refractivity contribution < 1.29 is 14.4 Å². The van der Waals surface area contributed by atoms with Gasteiger partial charge in [-0.3, -0.25) is 19.3 Å². The number of nitrogens with zero attached hydrogens (tertiary/aromatic N) is 2. The maximum absolute atomic E-state index is 13.7. The third-order valence-electron chi connectivity index (χ3n) is 6.94. The van der Waals surface area contributed by atoms with Gasteiger partial charge in [0.2, 0.25) is 11.8 Å². The van der Waals surface area contributed by atoms with Crippen molar-refractivity contribution in [3.05, 3.63) is 54.1 Å². The van der Waals surface area contributed by atoms with Crippen LogP contribution < -0.4 is 15.5 Å². The van der Waals surface area contributed by atoms with Gasteiger partial charge in [0.15, 0.2) is 0 Å². The van der Waals surface area contributed by atoms with Crippen LogP contribution in [0.1, 0.15) is 31.7 Å². The number of para-hydroxylation sites is 1. The summed E-state index contributed by atoms with van der Waals surface area (Å²) >= 11 is 0. The van der Waals surface area contributed by atoms with Gasteiger partial charge in [0, 0.05) is 42.6 Å². The molecule has 3 aliphatic heterocycles. The van der Waals surface area contributed by atoms with Crippen molar-refractivity contribution >= 4 is 34.8 Å². The maximum atomic E-state index is 13.7. The van der Waals surface area contributed by atoms with Gasteiger partial charge in [-0.15, -0.1) is 0 Å². The first-order chi connectivity index (χ1) is 14.9. The normalized spacial score (nSPS) is 26.8. The first kappa shape index (κ1) is 19.8. The summed E-state index contributed by atoms with van der Waals surface area (Å²) in [6.45, 7) is 2.28. The Bertz CT molecular complexity index is 1070.